The number of hydrogen-bond donors (Lipinski definition) is 1. The SMILES string of the molecule is COc1ccc(OC)c(C(C)NC(=O)c2cc(-c3ccco3)nn2-c2ccccc2)c1. The molecule has 0 radical (unpaired) electrons. The van der Waals surface area contributed by atoms with Crippen LogP contribution in [0.1, 0.15) is 29.0 Å². The maximum atomic E-state index is 13.3. The highest BCUT2D eigenvalue weighted by Crippen LogP contribution is 2.30. The highest BCUT2D eigenvalue weighted by molar-refractivity contribution is 5.94. The lowest BCUT2D eigenvalue weighted by Gasteiger charge is -2.18. The smallest absolute Gasteiger partial charge is 0.270 e. The fourth-order valence-corrected chi connectivity index (χ4v) is 3.38. The van der Waals surface area contributed by atoms with Crippen LogP contribution in [-0.4, -0.2) is 29.9 Å². The van der Waals surface area contributed by atoms with Gasteiger partial charge in [0.05, 0.1) is 32.2 Å². The van der Waals surface area contributed by atoms with Crippen LogP contribution >= 0.6 is 0 Å². The van der Waals surface area contributed by atoms with Gasteiger partial charge in [-0.25, -0.2) is 4.68 Å². The number of carbonyl (C=O) groups is 1. The van der Waals surface area contributed by atoms with Crippen LogP contribution < -0.4 is 14.8 Å². The third kappa shape index (κ3) is 4.16. The third-order valence-electron chi connectivity index (χ3n) is 4.97. The molecule has 0 fully saturated rings. The summed E-state index contributed by atoms with van der Waals surface area (Å²) in [6.45, 7) is 1.89. The summed E-state index contributed by atoms with van der Waals surface area (Å²) in [6, 6.07) is 20.0. The predicted octanol–water partition coefficient (Wildman–Crippen LogP) is 4.64. The number of carbonyl (C=O) groups excluding carboxylic acids is 1. The zero-order chi connectivity index (χ0) is 21.8. The molecular formula is C24H23N3O4. The molecule has 31 heavy (non-hydrogen) atoms. The minimum absolute atomic E-state index is 0.272. The van der Waals surface area contributed by atoms with Crippen molar-refractivity contribution in [3.05, 3.63) is 84.3 Å². The topological polar surface area (TPSA) is 78.5 Å². The summed E-state index contributed by atoms with van der Waals surface area (Å²) in [5, 5.41) is 7.64. The van der Waals surface area contributed by atoms with E-state index in [9.17, 15) is 4.79 Å². The first-order chi connectivity index (χ1) is 15.1. The van der Waals surface area contributed by atoms with E-state index in [-0.39, 0.29) is 11.9 Å². The van der Waals surface area contributed by atoms with Crippen LogP contribution in [-0.2, 0) is 0 Å². The number of amides is 1. The molecule has 0 aliphatic heterocycles. The predicted molar refractivity (Wildman–Crippen MR) is 117 cm³/mol. The Morgan fingerprint density at radius 3 is 2.52 bits per heavy atom. The first-order valence-corrected chi connectivity index (χ1v) is 9.83. The first kappa shape index (κ1) is 20.3. The molecule has 0 spiro atoms. The number of furan rings is 1. The molecule has 1 amide bonds. The summed E-state index contributed by atoms with van der Waals surface area (Å²) in [4.78, 5) is 13.3. The molecule has 4 rings (SSSR count). The molecule has 0 saturated heterocycles. The van der Waals surface area contributed by atoms with Crippen LogP contribution in [0, 0.1) is 0 Å². The molecule has 1 unspecified atom stereocenters. The molecule has 0 saturated carbocycles. The molecule has 2 heterocycles. The number of hydrogen-bond acceptors (Lipinski definition) is 5. The largest absolute Gasteiger partial charge is 0.497 e. The Hall–Kier alpha value is -4.00. The minimum Gasteiger partial charge on any atom is -0.497 e. The van der Waals surface area contributed by atoms with Gasteiger partial charge in [-0.1, -0.05) is 18.2 Å². The van der Waals surface area contributed by atoms with Crippen molar-refractivity contribution in [1.82, 2.24) is 15.1 Å². The van der Waals surface area contributed by atoms with Crippen LogP contribution in [0.3, 0.4) is 0 Å². The lowest BCUT2D eigenvalue weighted by atomic mass is 10.1. The van der Waals surface area contributed by atoms with E-state index < -0.39 is 0 Å². The molecule has 2 aromatic heterocycles. The molecule has 1 atom stereocenters. The van der Waals surface area contributed by atoms with Gasteiger partial charge in [-0.05, 0) is 49.4 Å². The summed E-state index contributed by atoms with van der Waals surface area (Å²) in [7, 11) is 3.20. The highest BCUT2D eigenvalue weighted by Gasteiger charge is 2.22. The van der Waals surface area contributed by atoms with Gasteiger partial charge in [-0.3, -0.25) is 4.79 Å². The lowest BCUT2D eigenvalue weighted by Crippen LogP contribution is -2.29. The third-order valence-corrected chi connectivity index (χ3v) is 4.97. The number of nitrogens with one attached hydrogen (secondary N) is 1. The summed E-state index contributed by atoms with van der Waals surface area (Å²) in [6.07, 6.45) is 1.58. The van der Waals surface area contributed by atoms with Crippen molar-refractivity contribution in [2.45, 2.75) is 13.0 Å². The average Bonchev–Trinajstić information content (AvgIpc) is 3.49. The molecular weight excluding hydrogens is 394 g/mol. The summed E-state index contributed by atoms with van der Waals surface area (Å²) in [5.74, 6) is 1.67. The van der Waals surface area contributed by atoms with E-state index in [0.717, 1.165) is 11.3 Å². The van der Waals surface area contributed by atoms with E-state index in [0.29, 0.717) is 28.6 Å². The van der Waals surface area contributed by atoms with Gasteiger partial charge in [-0.2, -0.15) is 5.10 Å². The van der Waals surface area contributed by atoms with Gasteiger partial charge in [0, 0.05) is 11.6 Å². The van der Waals surface area contributed by atoms with Crippen LogP contribution in [0.2, 0.25) is 0 Å². The summed E-state index contributed by atoms with van der Waals surface area (Å²) >= 11 is 0. The van der Waals surface area contributed by atoms with Crippen molar-refractivity contribution in [2.75, 3.05) is 14.2 Å². The molecule has 1 N–H and O–H groups in total. The van der Waals surface area contributed by atoms with Crippen LogP contribution in [0.15, 0.2) is 77.4 Å². The zero-order valence-electron chi connectivity index (χ0n) is 17.5. The van der Waals surface area contributed by atoms with Gasteiger partial charge in [0.15, 0.2) is 5.76 Å². The van der Waals surface area contributed by atoms with Gasteiger partial charge < -0.3 is 19.2 Å². The Balaban J connectivity index is 1.68. The Labute approximate surface area is 180 Å². The van der Waals surface area contributed by atoms with Crippen molar-refractivity contribution in [2.24, 2.45) is 0 Å². The summed E-state index contributed by atoms with van der Waals surface area (Å²) in [5.41, 5.74) is 2.56. The standard InChI is InChI=1S/C24H23N3O4/c1-16(19-14-18(29-2)11-12-22(19)30-3)25-24(28)21-15-20(23-10-7-13-31-23)26-27(21)17-8-5-4-6-9-17/h4-16H,1-3H3,(H,25,28). The molecule has 4 aromatic rings. The second-order valence-corrected chi connectivity index (χ2v) is 6.94. The maximum absolute atomic E-state index is 13.3. The van der Waals surface area contributed by atoms with Crippen molar-refractivity contribution < 1.29 is 18.7 Å². The summed E-state index contributed by atoms with van der Waals surface area (Å²) < 4.78 is 17.9. The van der Waals surface area contributed by atoms with Gasteiger partial charge in [0.25, 0.3) is 5.91 Å². The average molecular weight is 417 g/mol. The Morgan fingerprint density at radius 1 is 1.03 bits per heavy atom. The molecule has 2 aromatic carbocycles. The van der Waals surface area contributed by atoms with Crippen molar-refractivity contribution >= 4 is 5.91 Å². The van der Waals surface area contributed by atoms with E-state index in [4.69, 9.17) is 13.9 Å². The molecule has 7 nitrogen and oxygen atoms in total. The number of benzene rings is 2. The molecule has 0 aliphatic rings. The molecule has 0 bridgehead atoms. The molecule has 0 aliphatic carbocycles. The van der Waals surface area contributed by atoms with Gasteiger partial charge >= 0.3 is 0 Å². The van der Waals surface area contributed by atoms with Crippen molar-refractivity contribution in [3.63, 3.8) is 0 Å². The second-order valence-electron chi connectivity index (χ2n) is 6.94. The van der Waals surface area contributed by atoms with Crippen LogP contribution in [0.5, 0.6) is 11.5 Å². The van der Waals surface area contributed by atoms with E-state index in [1.165, 1.54) is 0 Å². The number of rotatable bonds is 7. The zero-order valence-corrected chi connectivity index (χ0v) is 17.5. The van der Waals surface area contributed by atoms with Crippen molar-refractivity contribution in [1.29, 1.82) is 0 Å². The number of ether oxygens (including phenoxy) is 2. The number of methoxy groups -OCH3 is 2. The van der Waals surface area contributed by atoms with Gasteiger partial charge in [0.1, 0.15) is 22.9 Å². The van der Waals surface area contributed by atoms with Crippen LogP contribution in [0.4, 0.5) is 0 Å². The van der Waals surface area contributed by atoms with E-state index in [1.54, 1.807) is 37.3 Å². The quantitative estimate of drug-likeness (QED) is 0.474. The number of para-hydroxylation sites is 1. The normalized spacial score (nSPS) is 11.7. The van der Waals surface area contributed by atoms with E-state index in [2.05, 4.69) is 10.4 Å². The lowest BCUT2D eigenvalue weighted by molar-refractivity contribution is 0.0931. The minimum atomic E-state index is -0.330. The number of nitrogens with zero attached hydrogens (tertiary/aromatic N) is 2. The van der Waals surface area contributed by atoms with Gasteiger partial charge in [-0.15, -0.1) is 0 Å². The Kier molecular flexibility index (Phi) is 5.75. The molecule has 7 heteroatoms. The molecule has 158 valence electrons. The second kappa shape index (κ2) is 8.79. The van der Waals surface area contributed by atoms with E-state index in [1.807, 2.05) is 61.5 Å². The fourth-order valence-electron chi connectivity index (χ4n) is 3.38. The Morgan fingerprint density at radius 2 is 1.84 bits per heavy atom. The van der Waals surface area contributed by atoms with Gasteiger partial charge in [0.2, 0.25) is 0 Å². The monoisotopic (exact) mass is 417 g/mol. The highest BCUT2D eigenvalue weighted by atomic mass is 16.5. The van der Waals surface area contributed by atoms with E-state index >= 15 is 0 Å². The number of aromatic nitrogens is 2. The Bertz CT molecular complexity index is 1170. The first-order valence-electron chi connectivity index (χ1n) is 9.83. The maximum Gasteiger partial charge on any atom is 0.270 e. The van der Waals surface area contributed by atoms with Crippen molar-refractivity contribution in [3.8, 4) is 28.6 Å². The van der Waals surface area contributed by atoms with Crippen LogP contribution in [0.25, 0.3) is 17.1 Å². The fraction of sp³-hybridized carbons (Fsp3) is 0.167.